The average Bonchev–Trinajstić information content (AvgIpc) is 2.86. The van der Waals surface area contributed by atoms with Crippen molar-refractivity contribution in [2.75, 3.05) is 18.8 Å². The van der Waals surface area contributed by atoms with Crippen molar-refractivity contribution in [3.8, 4) is 0 Å². The van der Waals surface area contributed by atoms with E-state index in [1.807, 2.05) is 13.8 Å². The molecule has 1 unspecified atom stereocenters. The Hall–Kier alpha value is -1.50. The summed E-state index contributed by atoms with van der Waals surface area (Å²) in [6, 6.07) is -0.204. The van der Waals surface area contributed by atoms with Crippen molar-refractivity contribution >= 4 is 41.2 Å². The van der Waals surface area contributed by atoms with Crippen molar-refractivity contribution in [1.29, 1.82) is 0 Å². The van der Waals surface area contributed by atoms with Crippen LogP contribution in [-0.4, -0.2) is 59.2 Å². The van der Waals surface area contributed by atoms with Crippen LogP contribution in [0.25, 0.3) is 0 Å². The third kappa shape index (κ3) is 2.66. The lowest BCUT2D eigenvalue weighted by Gasteiger charge is -2.19. The van der Waals surface area contributed by atoms with Crippen molar-refractivity contribution in [1.82, 2.24) is 4.90 Å². The number of nitrogens with zero attached hydrogens (tertiary/aromatic N) is 5. The van der Waals surface area contributed by atoms with E-state index in [0.29, 0.717) is 11.6 Å². The van der Waals surface area contributed by atoms with Gasteiger partial charge in [0.15, 0.2) is 11.9 Å². The first-order valence-corrected chi connectivity index (χ1v) is 6.85. The first-order chi connectivity index (χ1) is 8.76. The predicted molar refractivity (Wildman–Crippen MR) is 76.0 cm³/mol. The molecule has 1 atom stereocenters. The number of hydrogen-bond acceptors (Lipinski definition) is 6. The minimum absolute atomic E-state index is 0.121. The fourth-order valence-corrected chi connectivity index (χ4v) is 2.61. The average molecular weight is 265 g/mol. The lowest BCUT2D eigenvalue weighted by molar-refractivity contribution is -0.127. The van der Waals surface area contributed by atoms with Gasteiger partial charge in [0.25, 0.3) is 0 Å². The van der Waals surface area contributed by atoms with E-state index in [0.717, 1.165) is 18.1 Å². The Morgan fingerprint density at radius 2 is 2.11 bits per heavy atom. The third-order valence-electron chi connectivity index (χ3n) is 2.72. The first-order valence-electron chi connectivity index (χ1n) is 5.86. The monoisotopic (exact) mass is 265 g/mol. The number of amides is 1. The maximum atomic E-state index is 11.9. The molecule has 2 aliphatic heterocycles. The molecule has 0 radical (unpaired) electrons. The van der Waals surface area contributed by atoms with E-state index in [1.165, 1.54) is 24.4 Å². The summed E-state index contributed by atoms with van der Waals surface area (Å²) < 4.78 is 0. The molecule has 0 bridgehead atoms. The van der Waals surface area contributed by atoms with Crippen LogP contribution in [0.1, 0.15) is 13.8 Å². The van der Waals surface area contributed by atoms with Gasteiger partial charge in [-0.3, -0.25) is 9.79 Å². The van der Waals surface area contributed by atoms with Gasteiger partial charge in [0.2, 0.25) is 5.91 Å². The molecule has 7 heteroatoms. The summed E-state index contributed by atoms with van der Waals surface area (Å²) in [5, 5.41) is 0.790. The summed E-state index contributed by atoms with van der Waals surface area (Å²) in [5.74, 6) is 1.16. The van der Waals surface area contributed by atoms with Gasteiger partial charge in [0, 0.05) is 13.1 Å². The summed E-state index contributed by atoms with van der Waals surface area (Å²) in [4.78, 5) is 30.1. The van der Waals surface area contributed by atoms with E-state index in [-0.39, 0.29) is 11.9 Å². The smallest absolute Gasteiger partial charge is 0.232 e. The normalized spacial score (nSPS) is 20.4. The molecule has 0 aromatic carbocycles. The van der Waals surface area contributed by atoms with E-state index in [4.69, 9.17) is 0 Å². The molecule has 0 fully saturated rings. The first kappa shape index (κ1) is 12.9. The molecule has 1 amide bonds. The Bertz CT molecular complexity index is 450. The molecule has 2 heterocycles. The van der Waals surface area contributed by atoms with Crippen molar-refractivity contribution in [3.63, 3.8) is 0 Å². The van der Waals surface area contributed by atoms with Crippen LogP contribution < -0.4 is 0 Å². The lowest BCUT2D eigenvalue weighted by atomic mass is 10.3. The van der Waals surface area contributed by atoms with Crippen LogP contribution in [0.3, 0.4) is 0 Å². The third-order valence-corrected chi connectivity index (χ3v) is 3.73. The maximum Gasteiger partial charge on any atom is 0.232 e. The number of fused-ring (bicyclic) bond motifs is 1. The predicted octanol–water partition coefficient (Wildman–Crippen LogP) is 0.837. The molecule has 96 valence electrons. The van der Waals surface area contributed by atoms with Gasteiger partial charge < -0.3 is 4.90 Å². The second-order valence-corrected chi connectivity index (χ2v) is 4.72. The Balaban J connectivity index is 1.93. The highest BCUT2D eigenvalue weighted by Crippen LogP contribution is 2.18. The van der Waals surface area contributed by atoms with E-state index in [1.54, 1.807) is 4.90 Å². The number of thioether (sulfide) groups is 1. The topological polar surface area (TPSA) is 69.8 Å². The number of carbonyl (C=O) groups excluding carboxylic acids is 1. The number of rotatable bonds is 4. The summed E-state index contributed by atoms with van der Waals surface area (Å²) in [5.41, 5.74) is 0. The Morgan fingerprint density at radius 1 is 1.33 bits per heavy atom. The lowest BCUT2D eigenvalue weighted by Crippen LogP contribution is -2.33. The van der Waals surface area contributed by atoms with Gasteiger partial charge in [0.05, 0.1) is 5.75 Å². The van der Waals surface area contributed by atoms with Crippen LogP contribution in [0.15, 0.2) is 20.0 Å². The summed E-state index contributed by atoms with van der Waals surface area (Å²) in [6.07, 6.45) is 2.96. The molecule has 0 saturated carbocycles. The number of hydrogen-bond donors (Lipinski definition) is 0. The molecule has 2 aliphatic rings. The zero-order valence-corrected chi connectivity index (χ0v) is 11.2. The largest absolute Gasteiger partial charge is 0.343 e. The fraction of sp³-hybridized carbons (Fsp3) is 0.545. The molecular formula is C11H15N5OS. The molecule has 0 N–H and O–H groups in total. The molecule has 18 heavy (non-hydrogen) atoms. The van der Waals surface area contributed by atoms with Gasteiger partial charge in [-0.2, -0.15) is 0 Å². The highest BCUT2D eigenvalue weighted by atomic mass is 32.2. The molecule has 0 spiro atoms. The molecule has 0 aromatic rings. The summed E-state index contributed by atoms with van der Waals surface area (Å²) >= 11 is 1.41. The highest BCUT2D eigenvalue weighted by molar-refractivity contribution is 8.14. The van der Waals surface area contributed by atoms with Crippen LogP contribution in [0.5, 0.6) is 0 Å². The van der Waals surface area contributed by atoms with Crippen LogP contribution in [0.2, 0.25) is 0 Å². The minimum atomic E-state index is -0.204. The van der Waals surface area contributed by atoms with Crippen molar-refractivity contribution in [2.45, 2.75) is 19.9 Å². The van der Waals surface area contributed by atoms with Crippen LogP contribution in [0, 0.1) is 0 Å². The molecular weight excluding hydrogens is 250 g/mol. The van der Waals surface area contributed by atoms with Gasteiger partial charge in [-0.15, -0.1) is 0 Å². The van der Waals surface area contributed by atoms with E-state index < -0.39 is 0 Å². The molecule has 6 nitrogen and oxygen atoms in total. The maximum absolute atomic E-state index is 11.9. The Morgan fingerprint density at radius 3 is 2.83 bits per heavy atom. The van der Waals surface area contributed by atoms with Gasteiger partial charge in [-0.1, -0.05) is 11.8 Å². The second kappa shape index (κ2) is 5.90. The van der Waals surface area contributed by atoms with Crippen molar-refractivity contribution in [3.05, 3.63) is 0 Å². The number of carbonyl (C=O) groups is 1. The van der Waals surface area contributed by atoms with Crippen molar-refractivity contribution in [2.24, 2.45) is 20.0 Å². The van der Waals surface area contributed by atoms with Crippen molar-refractivity contribution < 1.29 is 4.79 Å². The fourth-order valence-electron chi connectivity index (χ4n) is 1.71. The zero-order chi connectivity index (χ0) is 13.0. The Labute approximate surface area is 110 Å². The van der Waals surface area contributed by atoms with Gasteiger partial charge in [-0.25, -0.2) is 15.0 Å². The van der Waals surface area contributed by atoms with Crippen LogP contribution in [0.4, 0.5) is 0 Å². The van der Waals surface area contributed by atoms with Gasteiger partial charge >= 0.3 is 0 Å². The number of amidine groups is 1. The SMILES string of the molecule is CCN(CC)C(=O)CSC1=NC=NC2=NC=NC21. The van der Waals surface area contributed by atoms with E-state index in [2.05, 4.69) is 20.0 Å². The summed E-state index contributed by atoms with van der Waals surface area (Å²) in [6.45, 7) is 5.42. The van der Waals surface area contributed by atoms with Crippen LogP contribution >= 0.6 is 11.8 Å². The number of aliphatic imine (C=N–C) groups is 4. The quantitative estimate of drug-likeness (QED) is 0.755. The Kier molecular flexibility index (Phi) is 4.24. The van der Waals surface area contributed by atoms with E-state index >= 15 is 0 Å². The van der Waals surface area contributed by atoms with Gasteiger partial charge in [-0.05, 0) is 13.8 Å². The molecule has 2 rings (SSSR count). The highest BCUT2D eigenvalue weighted by Gasteiger charge is 2.27. The standard InChI is InChI=1S/C11H15N5OS/c1-3-16(4-2)8(17)5-18-11-9-10(13-6-12-9)14-7-15-11/h6-7,9H,3-5H2,1-2H3. The summed E-state index contributed by atoms with van der Waals surface area (Å²) in [7, 11) is 0. The molecule has 0 saturated heterocycles. The minimum Gasteiger partial charge on any atom is -0.343 e. The zero-order valence-electron chi connectivity index (χ0n) is 10.4. The van der Waals surface area contributed by atoms with Crippen LogP contribution in [-0.2, 0) is 4.79 Å². The van der Waals surface area contributed by atoms with Gasteiger partial charge in [0.1, 0.15) is 17.7 Å². The molecule has 0 aliphatic carbocycles. The second-order valence-electron chi connectivity index (χ2n) is 3.72. The van der Waals surface area contributed by atoms with E-state index in [9.17, 15) is 4.79 Å². The molecule has 0 aromatic heterocycles.